The molecule has 134 valence electrons. The minimum atomic E-state index is -3.70. The number of pyridine rings is 1. The first-order chi connectivity index (χ1) is 12.4. The zero-order valence-corrected chi connectivity index (χ0v) is 16.0. The number of rotatable bonds is 4. The Morgan fingerprint density at radius 3 is 2.54 bits per heavy atom. The van der Waals surface area contributed by atoms with E-state index in [1.165, 1.54) is 22.6 Å². The lowest BCUT2D eigenvalue weighted by Gasteiger charge is -2.30. The number of carbonyl (C=O) groups is 1. The lowest BCUT2D eigenvalue weighted by atomic mass is 10.1. The van der Waals surface area contributed by atoms with E-state index < -0.39 is 16.1 Å². The predicted octanol–water partition coefficient (Wildman–Crippen LogP) is 2.16. The Morgan fingerprint density at radius 2 is 1.96 bits per heavy atom. The normalized spacial score (nSPS) is 18.3. The van der Waals surface area contributed by atoms with Crippen LogP contribution in [0.25, 0.3) is 0 Å². The zero-order chi connectivity index (χ0) is 18.7. The molecule has 1 aromatic carbocycles. The lowest BCUT2D eigenvalue weighted by Crippen LogP contribution is -2.49. The highest BCUT2D eigenvalue weighted by Crippen LogP contribution is 2.22. The molecule has 1 atom stereocenters. The molecule has 1 aromatic heterocycles. The molecule has 0 saturated carbocycles. The highest BCUT2D eigenvalue weighted by atomic mass is 79.9. The number of anilines is 1. The molecule has 26 heavy (non-hydrogen) atoms. The lowest BCUT2D eigenvalue weighted by molar-refractivity contribution is -0.121. The van der Waals surface area contributed by atoms with E-state index in [0.29, 0.717) is 17.8 Å². The third-order valence-electron chi connectivity index (χ3n) is 4.05. The van der Waals surface area contributed by atoms with E-state index in [0.717, 1.165) is 4.47 Å². The summed E-state index contributed by atoms with van der Waals surface area (Å²) in [6, 6.07) is 11.0. The van der Waals surface area contributed by atoms with Crippen molar-refractivity contribution in [2.45, 2.75) is 17.4 Å². The monoisotopic (exact) mass is 434 g/mol. The summed E-state index contributed by atoms with van der Waals surface area (Å²) in [6.45, 7) is 0.0461. The molecular formula is C17H15BrN4O3S. The zero-order valence-electron chi connectivity index (χ0n) is 13.6. The topological polar surface area (TPSA) is 103 Å². The molecule has 1 aliphatic heterocycles. The number of hydrogen-bond donors (Lipinski definition) is 1. The van der Waals surface area contributed by atoms with E-state index in [9.17, 15) is 13.2 Å². The van der Waals surface area contributed by atoms with Gasteiger partial charge >= 0.3 is 0 Å². The molecule has 2 aromatic rings. The highest BCUT2D eigenvalue weighted by molar-refractivity contribution is 9.10. The molecule has 1 N–H and O–H groups in total. The van der Waals surface area contributed by atoms with Gasteiger partial charge in [-0.1, -0.05) is 15.9 Å². The number of aromatic nitrogens is 1. The van der Waals surface area contributed by atoms with Crippen molar-refractivity contribution in [3.63, 3.8) is 0 Å². The molecule has 1 aliphatic rings. The quantitative estimate of drug-likeness (QED) is 0.790. The van der Waals surface area contributed by atoms with E-state index in [1.807, 2.05) is 6.07 Å². The van der Waals surface area contributed by atoms with Gasteiger partial charge in [-0.15, -0.1) is 0 Å². The van der Waals surface area contributed by atoms with Gasteiger partial charge in [-0.2, -0.15) is 9.57 Å². The summed E-state index contributed by atoms with van der Waals surface area (Å²) in [6.07, 6.45) is 1.76. The smallest absolute Gasteiger partial charge is 0.243 e. The standard InChI is InChI=1S/C17H15BrN4O3S/c18-13-2-4-14(5-3-13)26(24,25)22-8-7-15(16(23)11-22)21-17-6-1-12(9-19)10-20-17/h1-6,10,15H,7-8,11H2,(H,20,21)/t15-/m1/s1. The molecule has 0 amide bonds. The summed E-state index contributed by atoms with van der Waals surface area (Å²) in [7, 11) is -3.70. The second kappa shape index (κ2) is 7.53. The molecule has 0 radical (unpaired) electrons. The fourth-order valence-corrected chi connectivity index (χ4v) is 4.32. The molecule has 0 bridgehead atoms. The first kappa shape index (κ1) is 18.5. The van der Waals surface area contributed by atoms with Crippen LogP contribution in [0.2, 0.25) is 0 Å². The number of piperidine rings is 1. The van der Waals surface area contributed by atoms with Gasteiger partial charge in [-0.25, -0.2) is 13.4 Å². The van der Waals surface area contributed by atoms with Gasteiger partial charge in [0, 0.05) is 17.2 Å². The molecule has 0 spiro atoms. The van der Waals surface area contributed by atoms with Crippen molar-refractivity contribution in [3.8, 4) is 6.07 Å². The summed E-state index contributed by atoms with van der Waals surface area (Å²) in [5, 5.41) is 11.8. The first-order valence-electron chi connectivity index (χ1n) is 7.81. The van der Waals surface area contributed by atoms with Crippen molar-refractivity contribution in [3.05, 3.63) is 52.6 Å². The van der Waals surface area contributed by atoms with E-state index in [2.05, 4.69) is 26.2 Å². The number of sulfonamides is 1. The third-order valence-corrected chi connectivity index (χ3v) is 6.44. The number of halogens is 1. The molecular weight excluding hydrogens is 420 g/mol. The molecule has 1 saturated heterocycles. The largest absolute Gasteiger partial charge is 0.360 e. The maximum Gasteiger partial charge on any atom is 0.243 e. The minimum absolute atomic E-state index is 0.161. The number of ketones is 1. The number of Topliss-reactive ketones (excluding diaryl/α,β-unsaturated/α-hetero) is 1. The molecule has 0 aliphatic carbocycles. The summed E-state index contributed by atoms with van der Waals surface area (Å²) in [5.74, 6) is 0.259. The molecule has 1 fully saturated rings. The van der Waals surface area contributed by atoms with Gasteiger partial charge in [0.05, 0.1) is 23.0 Å². The fourth-order valence-electron chi connectivity index (χ4n) is 2.63. The van der Waals surface area contributed by atoms with Crippen molar-refractivity contribution in [1.29, 1.82) is 5.26 Å². The Morgan fingerprint density at radius 1 is 1.23 bits per heavy atom. The van der Waals surface area contributed by atoms with Crippen LogP contribution in [-0.4, -0.2) is 42.6 Å². The van der Waals surface area contributed by atoms with Crippen LogP contribution < -0.4 is 5.32 Å². The van der Waals surface area contributed by atoms with Crippen molar-refractivity contribution in [1.82, 2.24) is 9.29 Å². The first-order valence-corrected chi connectivity index (χ1v) is 10.0. The summed E-state index contributed by atoms with van der Waals surface area (Å²) < 4.78 is 27.3. The van der Waals surface area contributed by atoms with Crippen LogP contribution in [-0.2, 0) is 14.8 Å². The maximum absolute atomic E-state index is 12.7. The average Bonchev–Trinajstić information content (AvgIpc) is 2.64. The van der Waals surface area contributed by atoms with Crippen molar-refractivity contribution in [2.75, 3.05) is 18.4 Å². The number of nitrogens with one attached hydrogen (secondary N) is 1. The molecule has 3 rings (SSSR count). The maximum atomic E-state index is 12.7. The Hall–Kier alpha value is -2.28. The number of nitrogens with zero attached hydrogens (tertiary/aromatic N) is 3. The van der Waals surface area contributed by atoms with E-state index in [1.54, 1.807) is 24.3 Å². The number of nitriles is 1. The summed E-state index contributed by atoms with van der Waals surface area (Å²) >= 11 is 3.27. The van der Waals surface area contributed by atoms with Gasteiger partial charge in [-0.3, -0.25) is 4.79 Å². The van der Waals surface area contributed by atoms with Crippen LogP contribution in [0.1, 0.15) is 12.0 Å². The Balaban J connectivity index is 1.68. The highest BCUT2D eigenvalue weighted by Gasteiger charge is 2.34. The van der Waals surface area contributed by atoms with Crippen molar-refractivity contribution in [2.24, 2.45) is 0 Å². The second-order valence-corrected chi connectivity index (χ2v) is 8.64. The van der Waals surface area contributed by atoms with Crippen LogP contribution in [0.4, 0.5) is 5.82 Å². The van der Waals surface area contributed by atoms with E-state index in [-0.39, 0.29) is 23.8 Å². The van der Waals surface area contributed by atoms with Crippen molar-refractivity contribution >= 4 is 37.6 Å². The second-order valence-electron chi connectivity index (χ2n) is 5.79. The fraction of sp³-hybridized carbons (Fsp3) is 0.235. The van der Waals surface area contributed by atoms with Gasteiger partial charge in [0.15, 0.2) is 5.78 Å². The van der Waals surface area contributed by atoms with Gasteiger partial charge in [-0.05, 0) is 42.8 Å². The molecule has 2 heterocycles. The van der Waals surface area contributed by atoms with Gasteiger partial charge < -0.3 is 5.32 Å². The minimum Gasteiger partial charge on any atom is -0.360 e. The number of hydrogen-bond acceptors (Lipinski definition) is 6. The van der Waals surface area contributed by atoms with Crippen LogP contribution >= 0.6 is 15.9 Å². The number of carbonyl (C=O) groups excluding carboxylic acids is 1. The molecule has 9 heteroatoms. The Kier molecular flexibility index (Phi) is 5.36. The van der Waals surface area contributed by atoms with Gasteiger partial charge in [0.1, 0.15) is 11.9 Å². The van der Waals surface area contributed by atoms with Gasteiger partial charge in [0.25, 0.3) is 0 Å². The van der Waals surface area contributed by atoms with E-state index >= 15 is 0 Å². The predicted molar refractivity (Wildman–Crippen MR) is 98.9 cm³/mol. The SMILES string of the molecule is N#Cc1ccc(N[C@@H]2CCN(S(=O)(=O)c3ccc(Br)cc3)CC2=O)nc1. The third kappa shape index (κ3) is 3.93. The molecule has 0 unspecified atom stereocenters. The average molecular weight is 435 g/mol. The number of benzene rings is 1. The van der Waals surface area contributed by atoms with Gasteiger partial charge in [0.2, 0.25) is 10.0 Å². The van der Waals surface area contributed by atoms with Crippen LogP contribution in [0.5, 0.6) is 0 Å². The molecule has 7 nitrogen and oxygen atoms in total. The van der Waals surface area contributed by atoms with Crippen molar-refractivity contribution < 1.29 is 13.2 Å². The van der Waals surface area contributed by atoms with Crippen LogP contribution in [0, 0.1) is 11.3 Å². The van der Waals surface area contributed by atoms with E-state index in [4.69, 9.17) is 5.26 Å². The van der Waals surface area contributed by atoms with Crippen LogP contribution in [0.3, 0.4) is 0 Å². The van der Waals surface area contributed by atoms with Crippen LogP contribution in [0.15, 0.2) is 52.0 Å². The summed E-state index contributed by atoms with van der Waals surface area (Å²) in [4.78, 5) is 16.6. The Labute approximate surface area is 159 Å². The summed E-state index contributed by atoms with van der Waals surface area (Å²) in [5.41, 5.74) is 0.428. The Bertz CT molecular complexity index is 953.